The maximum absolute atomic E-state index is 12.5. The third kappa shape index (κ3) is 1.99. The predicted octanol–water partition coefficient (Wildman–Crippen LogP) is 5.55. The van der Waals surface area contributed by atoms with E-state index in [1.807, 2.05) is 12.1 Å². The molecule has 0 spiro atoms. The van der Waals surface area contributed by atoms with Crippen LogP contribution in [0.1, 0.15) is 40.9 Å². The van der Waals surface area contributed by atoms with Crippen LogP contribution in [0, 0.1) is 0 Å². The summed E-state index contributed by atoms with van der Waals surface area (Å²) < 4.78 is 2.05. The molecule has 1 aliphatic rings. The van der Waals surface area contributed by atoms with Crippen molar-refractivity contribution in [2.45, 2.75) is 26.7 Å². The standard InChI is InChI=1S/C17H14Br2O/c1-3-9-5-11-12-6-10(4-2)16(19)8-14(12)17(20)13(11)7-15(9)18/h5-8H,3-4H2,1-2H3. The summed E-state index contributed by atoms with van der Waals surface area (Å²) in [5.41, 5.74) is 6.25. The number of benzene rings is 2. The fourth-order valence-electron chi connectivity index (χ4n) is 2.74. The van der Waals surface area contributed by atoms with E-state index in [0.29, 0.717) is 0 Å². The van der Waals surface area contributed by atoms with Gasteiger partial charge in [-0.25, -0.2) is 0 Å². The molecule has 20 heavy (non-hydrogen) atoms. The molecule has 0 heterocycles. The van der Waals surface area contributed by atoms with E-state index < -0.39 is 0 Å². The van der Waals surface area contributed by atoms with Gasteiger partial charge in [0.1, 0.15) is 0 Å². The van der Waals surface area contributed by atoms with Crippen molar-refractivity contribution >= 4 is 37.6 Å². The SMILES string of the molecule is CCc1cc2c(cc1Br)C(=O)c1cc(Br)c(CC)cc1-2. The monoisotopic (exact) mass is 392 g/mol. The van der Waals surface area contributed by atoms with Crippen LogP contribution in [0.15, 0.2) is 33.2 Å². The van der Waals surface area contributed by atoms with E-state index >= 15 is 0 Å². The molecule has 0 fully saturated rings. The van der Waals surface area contributed by atoms with Crippen molar-refractivity contribution in [2.24, 2.45) is 0 Å². The zero-order chi connectivity index (χ0) is 14.4. The highest BCUT2D eigenvalue weighted by Gasteiger charge is 2.28. The Bertz CT molecular complexity index is 671. The van der Waals surface area contributed by atoms with Crippen molar-refractivity contribution in [1.82, 2.24) is 0 Å². The third-order valence-electron chi connectivity index (χ3n) is 3.91. The van der Waals surface area contributed by atoms with Gasteiger partial charge in [-0.15, -0.1) is 0 Å². The average Bonchev–Trinajstić information content (AvgIpc) is 2.69. The van der Waals surface area contributed by atoms with Crippen molar-refractivity contribution in [1.29, 1.82) is 0 Å². The number of rotatable bonds is 2. The van der Waals surface area contributed by atoms with Crippen LogP contribution < -0.4 is 0 Å². The van der Waals surface area contributed by atoms with Crippen molar-refractivity contribution in [3.63, 3.8) is 0 Å². The second kappa shape index (κ2) is 5.12. The summed E-state index contributed by atoms with van der Waals surface area (Å²) in [4.78, 5) is 12.5. The van der Waals surface area contributed by atoms with E-state index in [9.17, 15) is 4.79 Å². The van der Waals surface area contributed by atoms with Crippen LogP contribution in [0.5, 0.6) is 0 Å². The number of carbonyl (C=O) groups is 1. The van der Waals surface area contributed by atoms with Crippen molar-refractivity contribution in [3.05, 3.63) is 55.5 Å². The molecule has 2 aromatic carbocycles. The second-order valence-electron chi connectivity index (χ2n) is 5.01. The number of ketones is 1. The van der Waals surface area contributed by atoms with E-state index in [1.165, 1.54) is 11.1 Å². The van der Waals surface area contributed by atoms with Crippen molar-refractivity contribution < 1.29 is 4.79 Å². The van der Waals surface area contributed by atoms with Gasteiger partial charge < -0.3 is 0 Å². The lowest BCUT2D eigenvalue weighted by Gasteiger charge is -2.08. The van der Waals surface area contributed by atoms with E-state index in [1.54, 1.807) is 0 Å². The zero-order valence-corrected chi connectivity index (χ0v) is 14.6. The smallest absolute Gasteiger partial charge is 0.194 e. The molecule has 0 aromatic heterocycles. The van der Waals surface area contributed by atoms with Crippen LogP contribution in [0.3, 0.4) is 0 Å². The lowest BCUT2D eigenvalue weighted by atomic mass is 10.00. The quantitative estimate of drug-likeness (QED) is 0.557. The van der Waals surface area contributed by atoms with E-state index in [4.69, 9.17) is 0 Å². The molecule has 102 valence electrons. The Kier molecular flexibility index (Phi) is 3.59. The Morgan fingerprint density at radius 2 is 1.15 bits per heavy atom. The minimum atomic E-state index is 0.127. The highest BCUT2D eigenvalue weighted by Crippen LogP contribution is 2.41. The largest absolute Gasteiger partial charge is 0.289 e. The van der Waals surface area contributed by atoms with Gasteiger partial charge in [0.2, 0.25) is 0 Å². The van der Waals surface area contributed by atoms with Crippen LogP contribution in [0.25, 0.3) is 11.1 Å². The average molecular weight is 394 g/mol. The molecule has 1 nitrogen and oxygen atoms in total. The fraction of sp³-hybridized carbons (Fsp3) is 0.235. The van der Waals surface area contributed by atoms with Gasteiger partial charge in [-0.1, -0.05) is 45.7 Å². The zero-order valence-electron chi connectivity index (χ0n) is 11.4. The molecule has 3 heteroatoms. The molecule has 0 amide bonds. The number of halogens is 2. The maximum Gasteiger partial charge on any atom is 0.194 e. The topological polar surface area (TPSA) is 17.1 Å². The van der Waals surface area contributed by atoms with Crippen LogP contribution in [-0.2, 0) is 12.8 Å². The molecule has 0 saturated heterocycles. The molecule has 3 rings (SSSR count). The van der Waals surface area contributed by atoms with E-state index in [-0.39, 0.29) is 5.78 Å². The number of carbonyl (C=O) groups excluding carboxylic acids is 1. The summed E-state index contributed by atoms with van der Waals surface area (Å²) in [6.45, 7) is 4.26. The minimum absolute atomic E-state index is 0.127. The first-order valence-electron chi connectivity index (χ1n) is 6.76. The number of aryl methyl sites for hydroxylation is 2. The molecule has 0 radical (unpaired) electrons. The minimum Gasteiger partial charge on any atom is -0.289 e. The first kappa shape index (κ1) is 14.0. The Balaban J connectivity index is 2.30. The Hall–Kier alpha value is -0.930. The summed E-state index contributed by atoms with van der Waals surface area (Å²) in [6.07, 6.45) is 1.91. The molecular weight excluding hydrogens is 380 g/mol. The van der Waals surface area contributed by atoms with Crippen LogP contribution in [0.2, 0.25) is 0 Å². The van der Waals surface area contributed by atoms with Gasteiger partial charge in [0.25, 0.3) is 0 Å². The van der Waals surface area contributed by atoms with E-state index in [2.05, 4.69) is 57.8 Å². The van der Waals surface area contributed by atoms with Crippen molar-refractivity contribution in [2.75, 3.05) is 0 Å². The number of hydrogen-bond acceptors (Lipinski definition) is 1. The van der Waals surface area contributed by atoms with Crippen LogP contribution in [-0.4, -0.2) is 5.78 Å². The summed E-state index contributed by atoms with van der Waals surface area (Å²) in [7, 11) is 0. The van der Waals surface area contributed by atoms with Gasteiger partial charge in [-0.05, 0) is 59.4 Å². The molecule has 0 bridgehead atoms. The number of fused-ring (bicyclic) bond motifs is 3. The molecule has 2 aromatic rings. The number of hydrogen-bond donors (Lipinski definition) is 0. The highest BCUT2D eigenvalue weighted by atomic mass is 79.9. The Morgan fingerprint density at radius 3 is 1.50 bits per heavy atom. The van der Waals surface area contributed by atoms with Crippen molar-refractivity contribution in [3.8, 4) is 11.1 Å². The fourth-order valence-corrected chi connectivity index (χ4v) is 3.99. The Labute approximate surface area is 135 Å². The molecular formula is C17H14Br2O. The van der Waals surface area contributed by atoms with Gasteiger partial charge in [0.05, 0.1) is 0 Å². The molecule has 0 N–H and O–H groups in total. The first-order chi connectivity index (χ1) is 9.56. The van der Waals surface area contributed by atoms with Gasteiger partial charge in [-0.2, -0.15) is 0 Å². The summed E-state index contributed by atoms with van der Waals surface area (Å²) in [6, 6.07) is 8.24. The lowest BCUT2D eigenvalue weighted by Crippen LogP contribution is -1.96. The second-order valence-corrected chi connectivity index (χ2v) is 6.72. The maximum atomic E-state index is 12.5. The lowest BCUT2D eigenvalue weighted by molar-refractivity contribution is 0.104. The normalized spacial score (nSPS) is 12.5. The third-order valence-corrected chi connectivity index (χ3v) is 5.39. The summed E-state index contributed by atoms with van der Waals surface area (Å²) in [5, 5.41) is 0. The van der Waals surface area contributed by atoms with Crippen LogP contribution >= 0.6 is 31.9 Å². The van der Waals surface area contributed by atoms with Gasteiger partial charge in [-0.3, -0.25) is 4.79 Å². The molecule has 0 saturated carbocycles. The molecule has 1 aliphatic carbocycles. The van der Waals surface area contributed by atoms with Gasteiger partial charge >= 0.3 is 0 Å². The summed E-state index contributed by atoms with van der Waals surface area (Å²) in [5.74, 6) is 0.127. The van der Waals surface area contributed by atoms with Gasteiger partial charge in [0, 0.05) is 20.1 Å². The Morgan fingerprint density at radius 1 is 0.750 bits per heavy atom. The highest BCUT2D eigenvalue weighted by molar-refractivity contribution is 9.10. The molecule has 0 unspecified atom stereocenters. The first-order valence-corrected chi connectivity index (χ1v) is 8.35. The van der Waals surface area contributed by atoms with E-state index in [0.717, 1.165) is 44.0 Å². The molecule has 0 atom stereocenters. The van der Waals surface area contributed by atoms with Crippen LogP contribution in [0.4, 0.5) is 0 Å². The predicted molar refractivity (Wildman–Crippen MR) is 89.5 cm³/mol. The summed E-state index contributed by atoms with van der Waals surface area (Å²) >= 11 is 7.13. The molecule has 0 aliphatic heterocycles. The van der Waals surface area contributed by atoms with Gasteiger partial charge in [0.15, 0.2) is 5.78 Å².